The molecule has 3 nitrogen and oxygen atoms in total. The second-order valence-corrected chi connectivity index (χ2v) is 5.62. The van der Waals surface area contributed by atoms with E-state index in [2.05, 4.69) is 24.0 Å². The van der Waals surface area contributed by atoms with E-state index in [0.717, 1.165) is 16.7 Å². The third kappa shape index (κ3) is 4.03. The molecule has 0 aromatic heterocycles. The maximum absolute atomic E-state index is 5.73. The van der Waals surface area contributed by atoms with E-state index < -0.39 is 0 Å². The van der Waals surface area contributed by atoms with Crippen LogP contribution in [-0.4, -0.2) is 29.8 Å². The van der Waals surface area contributed by atoms with Crippen LogP contribution in [-0.2, 0) is 9.47 Å². The molecule has 1 aromatic carbocycles. The zero-order valence-electron chi connectivity index (χ0n) is 11.1. The molecule has 1 heterocycles. The molecule has 1 aliphatic heterocycles. The van der Waals surface area contributed by atoms with Crippen LogP contribution in [0, 0.1) is 6.92 Å². The number of hydrogen-bond acceptors (Lipinski definition) is 4. The van der Waals surface area contributed by atoms with Gasteiger partial charge in [-0.25, -0.2) is 4.99 Å². The Bertz CT molecular complexity index is 414. The van der Waals surface area contributed by atoms with Gasteiger partial charge in [-0.2, -0.15) is 0 Å². The first-order chi connectivity index (χ1) is 8.63. The molecule has 0 bridgehead atoms. The molecule has 1 aromatic rings. The topological polar surface area (TPSA) is 30.8 Å². The Hall–Kier alpha value is -1.00. The van der Waals surface area contributed by atoms with Gasteiger partial charge in [-0.05, 0) is 32.9 Å². The first kappa shape index (κ1) is 13.4. The maximum Gasteiger partial charge on any atom is 0.251 e. The molecule has 98 valence electrons. The van der Waals surface area contributed by atoms with Gasteiger partial charge in [-0.1, -0.05) is 29.5 Å². The third-order valence-electron chi connectivity index (χ3n) is 2.53. The van der Waals surface area contributed by atoms with Gasteiger partial charge in [-0.15, -0.1) is 0 Å². The number of benzene rings is 1. The average molecular weight is 265 g/mol. The SMILES string of the molecule is Cc1ccc(N=C2OC(COC(C)C)CS2)cc1. The van der Waals surface area contributed by atoms with Crippen LogP contribution in [0.4, 0.5) is 5.69 Å². The van der Waals surface area contributed by atoms with Gasteiger partial charge in [0.25, 0.3) is 5.23 Å². The predicted octanol–water partition coefficient (Wildman–Crippen LogP) is 3.54. The van der Waals surface area contributed by atoms with Gasteiger partial charge in [-0.3, -0.25) is 0 Å². The smallest absolute Gasteiger partial charge is 0.251 e. The number of thioether (sulfide) groups is 1. The first-order valence-corrected chi connectivity index (χ1v) is 7.18. The van der Waals surface area contributed by atoms with Gasteiger partial charge in [0, 0.05) is 5.75 Å². The highest BCUT2D eigenvalue weighted by atomic mass is 32.2. The Morgan fingerprint density at radius 3 is 2.78 bits per heavy atom. The number of nitrogens with zero attached hydrogens (tertiary/aromatic N) is 1. The zero-order chi connectivity index (χ0) is 13.0. The molecule has 18 heavy (non-hydrogen) atoms. The van der Waals surface area contributed by atoms with Crippen LogP contribution < -0.4 is 0 Å². The van der Waals surface area contributed by atoms with Crippen molar-refractivity contribution in [2.45, 2.75) is 33.0 Å². The molecule has 2 rings (SSSR count). The number of hydrogen-bond donors (Lipinski definition) is 0. The van der Waals surface area contributed by atoms with E-state index in [0.29, 0.717) is 6.61 Å². The number of ether oxygens (including phenoxy) is 2. The molecule has 0 aliphatic carbocycles. The average Bonchev–Trinajstić information content (AvgIpc) is 2.77. The minimum atomic E-state index is 0.126. The molecule has 0 N–H and O–H groups in total. The third-order valence-corrected chi connectivity index (χ3v) is 3.50. The lowest BCUT2D eigenvalue weighted by molar-refractivity contribution is 0.0246. The summed E-state index contributed by atoms with van der Waals surface area (Å²) in [5.41, 5.74) is 2.18. The van der Waals surface area contributed by atoms with Crippen molar-refractivity contribution in [1.29, 1.82) is 0 Å². The van der Waals surface area contributed by atoms with E-state index in [1.165, 1.54) is 5.56 Å². The minimum Gasteiger partial charge on any atom is -0.466 e. The lowest BCUT2D eigenvalue weighted by Crippen LogP contribution is -2.20. The molecule has 0 spiro atoms. The molecule has 1 aliphatic rings. The summed E-state index contributed by atoms with van der Waals surface area (Å²) in [5, 5.41) is 0.746. The standard InChI is InChI=1S/C14H19NO2S/c1-10(2)16-8-13-9-18-14(17-13)15-12-6-4-11(3)5-7-12/h4-7,10,13H,8-9H2,1-3H3. The van der Waals surface area contributed by atoms with Crippen molar-refractivity contribution < 1.29 is 9.47 Å². The fourth-order valence-electron chi connectivity index (χ4n) is 1.54. The molecular formula is C14H19NO2S. The summed E-state index contributed by atoms with van der Waals surface area (Å²) < 4.78 is 11.3. The Morgan fingerprint density at radius 2 is 2.11 bits per heavy atom. The van der Waals surface area contributed by atoms with E-state index in [1.807, 2.05) is 26.0 Å². The van der Waals surface area contributed by atoms with Crippen molar-refractivity contribution in [3.05, 3.63) is 29.8 Å². The summed E-state index contributed by atoms with van der Waals surface area (Å²) in [4.78, 5) is 4.48. The van der Waals surface area contributed by atoms with E-state index in [1.54, 1.807) is 11.8 Å². The highest BCUT2D eigenvalue weighted by molar-refractivity contribution is 8.13. The largest absolute Gasteiger partial charge is 0.466 e. The zero-order valence-corrected chi connectivity index (χ0v) is 11.9. The van der Waals surface area contributed by atoms with Gasteiger partial charge in [0.15, 0.2) is 0 Å². The first-order valence-electron chi connectivity index (χ1n) is 6.20. The molecule has 0 radical (unpaired) electrons. The second-order valence-electron chi connectivity index (χ2n) is 4.65. The van der Waals surface area contributed by atoms with Crippen LogP contribution >= 0.6 is 11.8 Å². The lowest BCUT2D eigenvalue weighted by atomic mass is 10.2. The number of rotatable bonds is 4. The fraction of sp³-hybridized carbons (Fsp3) is 0.500. The number of aryl methyl sites for hydroxylation is 1. The molecule has 0 amide bonds. The Kier molecular flexibility index (Phi) is 4.66. The van der Waals surface area contributed by atoms with Gasteiger partial charge in [0.1, 0.15) is 6.10 Å². The van der Waals surface area contributed by atoms with Crippen molar-refractivity contribution in [3.63, 3.8) is 0 Å². The van der Waals surface area contributed by atoms with Gasteiger partial charge < -0.3 is 9.47 Å². The molecular weight excluding hydrogens is 246 g/mol. The minimum absolute atomic E-state index is 0.126. The monoisotopic (exact) mass is 265 g/mol. The van der Waals surface area contributed by atoms with E-state index in [-0.39, 0.29) is 12.2 Å². The van der Waals surface area contributed by atoms with Gasteiger partial charge in [0.05, 0.1) is 18.4 Å². The van der Waals surface area contributed by atoms with Crippen molar-refractivity contribution in [2.24, 2.45) is 4.99 Å². The van der Waals surface area contributed by atoms with Crippen LogP contribution in [0.25, 0.3) is 0 Å². The van der Waals surface area contributed by atoms with Crippen LogP contribution in [0.15, 0.2) is 29.3 Å². The molecule has 1 fully saturated rings. The van der Waals surface area contributed by atoms with Crippen molar-refractivity contribution in [1.82, 2.24) is 0 Å². The second kappa shape index (κ2) is 6.25. The molecule has 1 unspecified atom stereocenters. The lowest BCUT2D eigenvalue weighted by Gasteiger charge is -2.12. The van der Waals surface area contributed by atoms with Crippen LogP contribution in [0.1, 0.15) is 19.4 Å². The van der Waals surface area contributed by atoms with Crippen molar-refractivity contribution >= 4 is 22.7 Å². The summed E-state index contributed by atoms with van der Waals surface area (Å²) in [6.45, 7) is 6.77. The molecule has 1 atom stereocenters. The van der Waals surface area contributed by atoms with Crippen molar-refractivity contribution in [3.8, 4) is 0 Å². The summed E-state index contributed by atoms with van der Waals surface area (Å²) in [6, 6.07) is 8.12. The molecule has 4 heteroatoms. The Balaban J connectivity index is 1.90. The van der Waals surface area contributed by atoms with Gasteiger partial charge in [0.2, 0.25) is 0 Å². The summed E-state index contributed by atoms with van der Waals surface area (Å²) in [7, 11) is 0. The van der Waals surface area contributed by atoms with Crippen molar-refractivity contribution in [2.75, 3.05) is 12.4 Å². The Morgan fingerprint density at radius 1 is 1.39 bits per heavy atom. The van der Waals surface area contributed by atoms with Crippen LogP contribution in [0.2, 0.25) is 0 Å². The molecule has 0 saturated carbocycles. The van der Waals surface area contributed by atoms with Gasteiger partial charge >= 0.3 is 0 Å². The van der Waals surface area contributed by atoms with E-state index in [9.17, 15) is 0 Å². The van der Waals surface area contributed by atoms with Crippen LogP contribution in [0.5, 0.6) is 0 Å². The highest BCUT2D eigenvalue weighted by Gasteiger charge is 2.23. The van der Waals surface area contributed by atoms with E-state index in [4.69, 9.17) is 9.47 Å². The predicted molar refractivity (Wildman–Crippen MR) is 76.7 cm³/mol. The van der Waals surface area contributed by atoms with E-state index >= 15 is 0 Å². The normalized spacial score (nSPS) is 21.6. The molecule has 1 saturated heterocycles. The quantitative estimate of drug-likeness (QED) is 0.834. The summed E-state index contributed by atoms with van der Waals surface area (Å²) in [5.74, 6) is 0.914. The summed E-state index contributed by atoms with van der Waals surface area (Å²) >= 11 is 1.65. The maximum atomic E-state index is 5.73. The highest BCUT2D eigenvalue weighted by Crippen LogP contribution is 2.24. The Labute approximate surface area is 113 Å². The fourth-order valence-corrected chi connectivity index (χ4v) is 2.41. The summed E-state index contributed by atoms with van der Waals surface area (Å²) in [6.07, 6.45) is 0.373. The van der Waals surface area contributed by atoms with Crippen LogP contribution in [0.3, 0.4) is 0 Å². The number of aliphatic imine (C=N–C) groups is 1.